The molecule has 1 aromatic carbocycles. The number of hydrogen-bond acceptors (Lipinski definition) is 3. The minimum Gasteiger partial charge on any atom is -0.460 e. The highest BCUT2D eigenvalue weighted by Gasteiger charge is 2.32. The molecule has 16 heavy (non-hydrogen) atoms. The van der Waals surface area contributed by atoms with E-state index >= 15 is 0 Å². The van der Waals surface area contributed by atoms with Gasteiger partial charge in [-0.2, -0.15) is 0 Å². The topological polar surface area (TPSA) is 47.3 Å². The Hall–Kier alpha value is -1.87. The molecule has 0 radical (unpaired) electrons. The van der Waals surface area contributed by atoms with Gasteiger partial charge < -0.3 is 4.42 Å². The molecule has 0 fully saturated rings. The number of ketones is 2. The van der Waals surface area contributed by atoms with Gasteiger partial charge in [0.15, 0.2) is 11.5 Å². The molecule has 0 atom stereocenters. The van der Waals surface area contributed by atoms with Crippen molar-refractivity contribution in [1.29, 1.82) is 0 Å². The fourth-order valence-corrected chi connectivity index (χ4v) is 2.01. The van der Waals surface area contributed by atoms with Crippen molar-refractivity contribution < 1.29 is 14.0 Å². The molecule has 0 saturated heterocycles. The zero-order chi connectivity index (χ0) is 11.3. The predicted octanol–water partition coefficient (Wildman–Crippen LogP) is 2.71. The van der Waals surface area contributed by atoms with Gasteiger partial charge in [-0.1, -0.05) is 11.6 Å². The second-order valence-corrected chi connectivity index (χ2v) is 3.95. The quantitative estimate of drug-likeness (QED) is 0.599. The standard InChI is InChI=1S/C12H5ClO3/c13-6-1-2-7-9(5-6)11(15)12-8(10(7)14)3-4-16-12/h1-5H. The Kier molecular flexibility index (Phi) is 1.79. The van der Waals surface area contributed by atoms with Crippen LogP contribution >= 0.6 is 11.6 Å². The van der Waals surface area contributed by atoms with Gasteiger partial charge in [-0.05, 0) is 24.3 Å². The maximum absolute atomic E-state index is 12.0. The molecule has 3 rings (SSSR count). The van der Waals surface area contributed by atoms with Crippen LogP contribution in [0.15, 0.2) is 34.9 Å². The molecule has 4 heteroatoms. The van der Waals surface area contributed by atoms with Crippen LogP contribution in [0.3, 0.4) is 0 Å². The predicted molar refractivity (Wildman–Crippen MR) is 57.0 cm³/mol. The Morgan fingerprint density at radius 2 is 1.75 bits per heavy atom. The number of fused-ring (bicyclic) bond motifs is 2. The van der Waals surface area contributed by atoms with Crippen LogP contribution in [0.25, 0.3) is 0 Å². The van der Waals surface area contributed by atoms with Gasteiger partial charge in [0.1, 0.15) is 0 Å². The first kappa shape index (κ1) is 9.36. The van der Waals surface area contributed by atoms with E-state index in [0.717, 1.165) is 0 Å². The first-order chi connectivity index (χ1) is 7.68. The molecule has 0 saturated carbocycles. The lowest BCUT2D eigenvalue weighted by Crippen LogP contribution is -2.18. The summed E-state index contributed by atoms with van der Waals surface area (Å²) in [7, 11) is 0. The van der Waals surface area contributed by atoms with E-state index in [9.17, 15) is 9.59 Å². The summed E-state index contributed by atoms with van der Waals surface area (Å²) in [6, 6.07) is 6.15. The van der Waals surface area contributed by atoms with Crippen molar-refractivity contribution in [3.63, 3.8) is 0 Å². The number of carbonyl (C=O) groups is 2. The summed E-state index contributed by atoms with van der Waals surface area (Å²) >= 11 is 5.80. The Balaban J connectivity index is 2.34. The van der Waals surface area contributed by atoms with Gasteiger partial charge >= 0.3 is 0 Å². The van der Waals surface area contributed by atoms with Crippen LogP contribution in [-0.4, -0.2) is 11.6 Å². The van der Waals surface area contributed by atoms with E-state index in [1.54, 1.807) is 12.1 Å². The van der Waals surface area contributed by atoms with Crippen molar-refractivity contribution in [2.45, 2.75) is 0 Å². The number of furan rings is 1. The number of halogens is 1. The zero-order valence-corrected chi connectivity index (χ0v) is 8.75. The first-order valence-corrected chi connectivity index (χ1v) is 5.03. The Morgan fingerprint density at radius 3 is 2.56 bits per heavy atom. The Labute approximate surface area is 95.6 Å². The summed E-state index contributed by atoms with van der Waals surface area (Å²) < 4.78 is 5.02. The largest absolute Gasteiger partial charge is 0.460 e. The molecule has 1 aliphatic rings. The van der Waals surface area contributed by atoms with Gasteiger partial charge in [0.25, 0.3) is 0 Å². The maximum atomic E-state index is 12.0. The fraction of sp³-hybridized carbons (Fsp3) is 0. The monoisotopic (exact) mass is 232 g/mol. The SMILES string of the molecule is O=C1c2ccc(Cl)cc2C(=O)c2occc21. The summed E-state index contributed by atoms with van der Waals surface area (Å²) in [5, 5.41) is 0.426. The normalized spacial score (nSPS) is 13.6. The number of benzene rings is 1. The minimum absolute atomic E-state index is 0.0970. The lowest BCUT2D eigenvalue weighted by atomic mass is 9.89. The van der Waals surface area contributed by atoms with E-state index < -0.39 is 0 Å². The molecule has 1 aromatic heterocycles. The average Bonchev–Trinajstić information content (AvgIpc) is 2.75. The molecule has 1 aliphatic carbocycles. The highest BCUT2D eigenvalue weighted by Crippen LogP contribution is 2.29. The molecular formula is C12H5ClO3. The van der Waals surface area contributed by atoms with Crippen LogP contribution in [0.5, 0.6) is 0 Å². The summed E-state index contributed by atoms with van der Waals surface area (Å²) in [5.41, 5.74) is 1.00. The highest BCUT2D eigenvalue weighted by atomic mass is 35.5. The number of hydrogen-bond donors (Lipinski definition) is 0. The highest BCUT2D eigenvalue weighted by molar-refractivity contribution is 6.33. The lowest BCUT2D eigenvalue weighted by molar-refractivity contribution is 0.0960. The van der Waals surface area contributed by atoms with E-state index in [1.807, 2.05) is 0 Å². The molecule has 78 valence electrons. The average molecular weight is 233 g/mol. The van der Waals surface area contributed by atoms with Crippen LogP contribution in [0.4, 0.5) is 0 Å². The van der Waals surface area contributed by atoms with Gasteiger partial charge in [-0.15, -0.1) is 0 Å². The fourth-order valence-electron chi connectivity index (χ4n) is 1.83. The second-order valence-electron chi connectivity index (χ2n) is 3.51. The van der Waals surface area contributed by atoms with Crippen molar-refractivity contribution in [3.8, 4) is 0 Å². The molecular weight excluding hydrogens is 228 g/mol. The molecule has 0 bridgehead atoms. The van der Waals surface area contributed by atoms with Crippen LogP contribution in [0.1, 0.15) is 32.0 Å². The Bertz CT molecular complexity index is 625. The minimum atomic E-state index is -0.294. The van der Waals surface area contributed by atoms with E-state index in [4.69, 9.17) is 16.0 Å². The van der Waals surface area contributed by atoms with Crippen LogP contribution < -0.4 is 0 Å². The van der Waals surface area contributed by atoms with Gasteiger partial charge in [0.05, 0.1) is 11.8 Å². The van der Waals surface area contributed by atoms with Crippen molar-refractivity contribution >= 4 is 23.2 Å². The molecule has 0 aliphatic heterocycles. The third-order valence-electron chi connectivity index (χ3n) is 2.59. The summed E-state index contributed by atoms with van der Waals surface area (Å²) in [6.45, 7) is 0. The smallest absolute Gasteiger partial charge is 0.229 e. The summed E-state index contributed by atoms with van der Waals surface area (Å²) in [4.78, 5) is 23.9. The Morgan fingerprint density at radius 1 is 0.938 bits per heavy atom. The van der Waals surface area contributed by atoms with E-state index in [-0.39, 0.29) is 17.3 Å². The van der Waals surface area contributed by atoms with Crippen LogP contribution in [0, 0.1) is 0 Å². The van der Waals surface area contributed by atoms with Gasteiger partial charge in [0.2, 0.25) is 5.78 Å². The molecule has 2 aromatic rings. The maximum Gasteiger partial charge on any atom is 0.229 e. The number of rotatable bonds is 0. The molecule has 0 N–H and O–H groups in total. The van der Waals surface area contributed by atoms with Crippen LogP contribution in [-0.2, 0) is 0 Å². The van der Waals surface area contributed by atoms with E-state index in [2.05, 4.69) is 0 Å². The van der Waals surface area contributed by atoms with Gasteiger partial charge in [-0.25, -0.2) is 0 Å². The molecule has 3 nitrogen and oxygen atoms in total. The molecule has 0 amide bonds. The number of carbonyl (C=O) groups excluding carboxylic acids is 2. The van der Waals surface area contributed by atoms with Crippen molar-refractivity contribution in [1.82, 2.24) is 0 Å². The first-order valence-electron chi connectivity index (χ1n) is 4.65. The summed E-state index contributed by atoms with van der Waals surface area (Å²) in [5.74, 6) is -0.396. The lowest BCUT2D eigenvalue weighted by Gasteiger charge is -2.12. The third-order valence-corrected chi connectivity index (χ3v) is 2.82. The molecule has 1 heterocycles. The van der Waals surface area contributed by atoms with Crippen LogP contribution in [0.2, 0.25) is 5.02 Å². The van der Waals surface area contributed by atoms with Gasteiger partial charge in [-0.3, -0.25) is 9.59 Å². The van der Waals surface area contributed by atoms with Gasteiger partial charge in [0, 0.05) is 16.1 Å². The zero-order valence-electron chi connectivity index (χ0n) is 7.99. The van der Waals surface area contributed by atoms with Crippen molar-refractivity contribution in [3.05, 3.63) is 58.0 Å². The van der Waals surface area contributed by atoms with Crippen molar-refractivity contribution in [2.75, 3.05) is 0 Å². The van der Waals surface area contributed by atoms with Crippen molar-refractivity contribution in [2.24, 2.45) is 0 Å². The van der Waals surface area contributed by atoms with E-state index in [1.165, 1.54) is 18.4 Å². The molecule has 0 unspecified atom stereocenters. The van der Waals surface area contributed by atoms with E-state index in [0.29, 0.717) is 21.7 Å². The second kappa shape index (κ2) is 3.06. The molecule has 0 spiro atoms. The third kappa shape index (κ3) is 1.09. The summed E-state index contributed by atoms with van der Waals surface area (Å²) in [6.07, 6.45) is 1.34.